The molecule has 2 heterocycles. The van der Waals surface area contributed by atoms with Crippen molar-refractivity contribution in [3.8, 4) is 5.75 Å². The van der Waals surface area contributed by atoms with E-state index < -0.39 is 12.3 Å². The number of carbonyl (C=O) groups excluding carboxylic acids is 2. The number of carbonyl (C=O) groups is 2. The van der Waals surface area contributed by atoms with E-state index in [1.165, 1.54) is 28.4 Å². The summed E-state index contributed by atoms with van der Waals surface area (Å²) in [5.41, 5.74) is 0.743. The van der Waals surface area contributed by atoms with E-state index in [9.17, 15) is 22.8 Å². The van der Waals surface area contributed by atoms with E-state index in [0.29, 0.717) is 17.0 Å². The highest BCUT2D eigenvalue weighted by Crippen LogP contribution is 2.33. The van der Waals surface area contributed by atoms with Gasteiger partial charge in [0.15, 0.2) is 0 Å². The molecule has 5 nitrogen and oxygen atoms in total. The van der Waals surface area contributed by atoms with Crippen molar-refractivity contribution in [1.82, 2.24) is 4.90 Å². The fraction of sp³-hybridized carbons (Fsp3) is 0.222. The maximum atomic E-state index is 12.7. The number of alkyl halides is 3. The normalized spacial score (nSPS) is 14.9. The van der Waals surface area contributed by atoms with Crippen LogP contribution in [-0.4, -0.2) is 29.6 Å². The predicted octanol–water partition coefficient (Wildman–Crippen LogP) is 4.25. The zero-order chi connectivity index (χ0) is 19.6. The van der Waals surface area contributed by atoms with Crippen LogP contribution in [0.25, 0.3) is 5.57 Å². The number of thiophene rings is 1. The number of nitrogens with zero attached hydrogens (tertiary/aromatic N) is 1. The van der Waals surface area contributed by atoms with Gasteiger partial charge in [-0.3, -0.25) is 14.5 Å². The first kappa shape index (κ1) is 19.0. The second kappa shape index (κ2) is 7.43. The molecule has 142 valence electrons. The Morgan fingerprint density at radius 3 is 2.37 bits per heavy atom. The predicted molar refractivity (Wildman–Crippen MR) is 95.0 cm³/mol. The third kappa shape index (κ3) is 4.13. The highest BCUT2D eigenvalue weighted by molar-refractivity contribution is 7.11. The van der Waals surface area contributed by atoms with Crippen LogP contribution in [-0.2, 0) is 9.59 Å². The van der Waals surface area contributed by atoms with E-state index >= 15 is 0 Å². The molecule has 2 amide bonds. The number of benzene rings is 1. The van der Waals surface area contributed by atoms with Gasteiger partial charge in [0.05, 0.1) is 5.57 Å². The van der Waals surface area contributed by atoms with Crippen molar-refractivity contribution in [3.05, 3.63) is 52.4 Å². The number of halogens is 3. The monoisotopic (exact) mass is 396 g/mol. The fourth-order valence-corrected chi connectivity index (χ4v) is 3.42. The lowest BCUT2D eigenvalue weighted by Gasteiger charge is -2.14. The minimum Gasteiger partial charge on any atom is -0.406 e. The second-order valence-electron chi connectivity index (χ2n) is 5.69. The molecule has 0 bridgehead atoms. The highest BCUT2D eigenvalue weighted by Gasteiger charge is 2.39. The van der Waals surface area contributed by atoms with E-state index in [2.05, 4.69) is 10.1 Å². The Kier molecular flexibility index (Phi) is 5.22. The zero-order valence-corrected chi connectivity index (χ0v) is 15.0. The largest absolute Gasteiger partial charge is 0.573 e. The molecule has 3 rings (SSSR count). The second-order valence-corrected chi connectivity index (χ2v) is 6.63. The van der Waals surface area contributed by atoms with Crippen LogP contribution in [0.2, 0.25) is 0 Å². The molecular formula is C18H15F3N2O3S. The van der Waals surface area contributed by atoms with Crippen LogP contribution >= 0.6 is 11.3 Å². The summed E-state index contributed by atoms with van der Waals surface area (Å²) < 4.78 is 40.6. The Labute approximate surface area is 157 Å². The molecule has 0 unspecified atom stereocenters. The number of ether oxygens (including phenoxy) is 1. The molecule has 0 saturated carbocycles. The van der Waals surface area contributed by atoms with E-state index in [4.69, 9.17) is 0 Å². The van der Waals surface area contributed by atoms with Gasteiger partial charge in [-0.1, -0.05) is 13.0 Å². The van der Waals surface area contributed by atoms with Gasteiger partial charge in [0.1, 0.15) is 11.4 Å². The maximum absolute atomic E-state index is 12.7. The Balaban J connectivity index is 1.90. The number of hydrogen-bond donors (Lipinski definition) is 1. The maximum Gasteiger partial charge on any atom is 0.573 e. The highest BCUT2D eigenvalue weighted by atomic mass is 32.1. The molecule has 0 atom stereocenters. The molecule has 0 spiro atoms. The molecule has 1 aromatic heterocycles. The first-order valence-electron chi connectivity index (χ1n) is 8.07. The van der Waals surface area contributed by atoms with Gasteiger partial charge in [-0.2, -0.15) is 0 Å². The van der Waals surface area contributed by atoms with Crippen LogP contribution in [0.5, 0.6) is 5.75 Å². The molecule has 0 saturated heterocycles. The molecule has 1 aliphatic heterocycles. The molecule has 1 aliphatic rings. The minimum absolute atomic E-state index is 0.111. The van der Waals surface area contributed by atoms with Crippen molar-refractivity contribution in [1.29, 1.82) is 0 Å². The van der Waals surface area contributed by atoms with Gasteiger partial charge in [0.25, 0.3) is 11.8 Å². The van der Waals surface area contributed by atoms with Gasteiger partial charge in [-0.25, -0.2) is 0 Å². The SMILES string of the molecule is CCCN1C(=O)C(Nc2ccc(OC(F)(F)F)cc2)=C(c2cccs2)C1=O. The van der Waals surface area contributed by atoms with Crippen LogP contribution in [0.15, 0.2) is 47.5 Å². The molecule has 0 fully saturated rings. The number of imide groups is 1. The van der Waals surface area contributed by atoms with Gasteiger partial charge < -0.3 is 10.1 Å². The number of amides is 2. The zero-order valence-electron chi connectivity index (χ0n) is 14.2. The molecule has 1 N–H and O–H groups in total. The van der Waals surface area contributed by atoms with Crippen molar-refractivity contribution in [2.75, 3.05) is 11.9 Å². The first-order valence-corrected chi connectivity index (χ1v) is 8.95. The number of hydrogen-bond acceptors (Lipinski definition) is 5. The van der Waals surface area contributed by atoms with Crippen LogP contribution in [0.4, 0.5) is 18.9 Å². The lowest BCUT2D eigenvalue weighted by atomic mass is 10.2. The molecule has 1 aromatic carbocycles. The number of rotatable bonds is 6. The average molecular weight is 396 g/mol. The lowest BCUT2D eigenvalue weighted by Crippen LogP contribution is -2.33. The van der Waals surface area contributed by atoms with Crippen molar-refractivity contribution in [3.63, 3.8) is 0 Å². The van der Waals surface area contributed by atoms with Crippen LogP contribution in [0.1, 0.15) is 18.2 Å². The van der Waals surface area contributed by atoms with E-state index in [1.54, 1.807) is 17.5 Å². The quantitative estimate of drug-likeness (QED) is 0.742. The summed E-state index contributed by atoms with van der Waals surface area (Å²) in [5, 5.41) is 4.67. The van der Waals surface area contributed by atoms with E-state index in [1.807, 2.05) is 6.92 Å². The van der Waals surface area contributed by atoms with Crippen molar-refractivity contribution in [2.24, 2.45) is 0 Å². The Morgan fingerprint density at radius 2 is 1.81 bits per heavy atom. The van der Waals surface area contributed by atoms with Gasteiger partial charge in [0.2, 0.25) is 0 Å². The molecule has 2 aromatic rings. The van der Waals surface area contributed by atoms with Crippen LogP contribution < -0.4 is 10.1 Å². The third-order valence-corrected chi connectivity index (χ3v) is 4.63. The van der Waals surface area contributed by atoms with Crippen molar-refractivity contribution >= 4 is 34.4 Å². The van der Waals surface area contributed by atoms with E-state index in [0.717, 1.165) is 12.1 Å². The molecule has 0 aliphatic carbocycles. The van der Waals surface area contributed by atoms with Gasteiger partial charge in [-0.15, -0.1) is 24.5 Å². The van der Waals surface area contributed by atoms with Crippen LogP contribution in [0.3, 0.4) is 0 Å². The average Bonchev–Trinajstić information content (AvgIpc) is 3.19. The summed E-state index contributed by atoms with van der Waals surface area (Å²) >= 11 is 1.33. The molecule has 27 heavy (non-hydrogen) atoms. The Morgan fingerprint density at radius 1 is 1.11 bits per heavy atom. The smallest absolute Gasteiger partial charge is 0.406 e. The van der Waals surface area contributed by atoms with Gasteiger partial charge >= 0.3 is 6.36 Å². The third-order valence-electron chi connectivity index (χ3n) is 3.74. The van der Waals surface area contributed by atoms with E-state index in [-0.39, 0.29) is 29.5 Å². The van der Waals surface area contributed by atoms with Crippen molar-refractivity contribution in [2.45, 2.75) is 19.7 Å². The number of anilines is 1. The van der Waals surface area contributed by atoms with Gasteiger partial charge in [0, 0.05) is 17.1 Å². The number of nitrogens with one attached hydrogen (secondary N) is 1. The summed E-state index contributed by atoms with van der Waals surface area (Å²) in [5.74, 6) is -1.22. The van der Waals surface area contributed by atoms with Crippen molar-refractivity contribution < 1.29 is 27.5 Å². The van der Waals surface area contributed by atoms with Crippen LogP contribution in [0, 0.1) is 0 Å². The summed E-state index contributed by atoms with van der Waals surface area (Å²) in [6, 6.07) is 8.47. The molecule has 0 radical (unpaired) electrons. The molecule has 9 heteroatoms. The summed E-state index contributed by atoms with van der Waals surface area (Å²) in [6.07, 6.45) is -4.16. The standard InChI is InChI=1S/C18H15F3N2O3S/c1-2-9-23-16(24)14(13-4-3-10-27-13)15(17(23)25)22-11-5-7-12(8-6-11)26-18(19,20)21/h3-8,10,22H,2,9H2,1H3. The Hall–Kier alpha value is -2.81. The van der Waals surface area contributed by atoms with Gasteiger partial charge in [-0.05, 0) is 42.1 Å². The topological polar surface area (TPSA) is 58.6 Å². The lowest BCUT2D eigenvalue weighted by molar-refractivity contribution is -0.274. The summed E-state index contributed by atoms with van der Waals surface area (Å²) in [4.78, 5) is 27.2. The Bertz CT molecular complexity index is 874. The molecular weight excluding hydrogens is 381 g/mol. The summed E-state index contributed by atoms with van der Waals surface area (Å²) in [7, 11) is 0. The summed E-state index contributed by atoms with van der Waals surface area (Å²) in [6.45, 7) is 2.15. The fourth-order valence-electron chi connectivity index (χ4n) is 2.65. The minimum atomic E-state index is -4.78. The first-order chi connectivity index (χ1) is 12.8.